The Hall–Kier alpha value is -4.25. The summed E-state index contributed by atoms with van der Waals surface area (Å²) in [5.41, 5.74) is 0. The number of aliphatic hydroxyl groups is 1. The number of ketones is 1. The largest absolute Gasteiger partial charge is 0.507 e. The zero-order valence-corrected chi connectivity index (χ0v) is 56.8. The van der Waals surface area contributed by atoms with Gasteiger partial charge >= 0.3 is 12.1 Å². The average Bonchev–Trinajstić information content (AvgIpc) is 3.26. The molecule has 0 aliphatic rings. The topological polar surface area (TPSA) is 340 Å². The molecule has 2 amide bonds. The molecule has 0 heterocycles. The molecule has 0 spiro atoms. The van der Waals surface area contributed by atoms with Crippen LogP contribution in [0.25, 0.3) is 0 Å². The van der Waals surface area contributed by atoms with Crippen molar-refractivity contribution in [1.82, 2.24) is 27.0 Å². The second kappa shape index (κ2) is 105. The molecule has 82 heavy (non-hydrogen) atoms. The molecule has 0 radical (unpaired) electrons. The fraction of sp³-hybridized carbons (Fsp3) is 0.700. The highest BCUT2D eigenvalue weighted by atomic mass is 32.3. The van der Waals surface area contributed by atoms with Crippen molar-refractivity contribution in [2.24, 2.45) is 0 Å². The Morgan fingerprint density at radius 1 is 0.390 bits per heavy atom. The van der Waals surface area contributed by atoms with E-state index < -0.39 is 66.9 Å². The maximum Gasteiger partial charge on any atom is 0.507 e. The van der Waals surface area contributed by atoms with E-state index in [9.17, 15) is 70.3 Å². The van der Waals surface area contributed by atoms with Crippen LogP contribution in [0.4, 0.5) is 4.79 Å². The minimum absolute atomic E-state index is 0. The lowest BCUT2D eigenvalue weighted by atomic mass is 10.6. The molecule has 0 unspecified atom stereocenters. The molecule has 0 aromatic carbocycles. The first-order valence-electron chi connectivity index (χ1n) is 19.9. The number of amides is 2. The minimum atomic E-state index is -3.62. The zero-order chi connectivity index (χ0) is 67.5. The van der Waals surface area contributed by atoms with Gasteiger partial charge in [0.2, 0.25) is 51.9 Å². The fourth-order valence-electron chi connectivity index (χ4n) is 0.329. The van der Waals surface area contributed by atoms with Gasteiger partial charge in [-0.1, -0.05) is 48.3 Å². The Morgan fingerprint density at radius 2 is 0.476 bits per heavy atom. The van der Waals surface area contributed by atoms with Crippen molar-refractivity contribution < 1.29 is 89.6 Å². The summed E-state index contributed by atoms with van der Waals surface area (Å²) in [5, 5.41) is 7.00. The van der Waals surface area contributed by atoms with Crippen LogP contribution in [0.3, 0.4) is 0 Å². The van der Waals surface area contributed by atoms with E-state index in [1.165, 1.54) is 93.9 Å². The van der Waals surface area contributed by atoms with Crippen LogP contribution in [0.15, 0.2) is 65.8 Å². The van der Waals surface area contributed by atoms with Crippen LogP contribution >= 0.6 is 0 Å². The summed E-state index contributed by atoms with van der Waals surface area (Å²) in [7, 11) is 8.41. The van der Waals surface area contributed by atoms with E-state index in [0.29, 0.717) is 3.71 Å². The molecule has 518 valence electrons. The lowest BCUT2D eigenvalue weighted by molar-refractivity contribution is -0.138. The highest BCUT2D eigenvalue weighted by molar-refractivity contribution is 8.03. The van der Waals surface area contributed by atoms with E-state index in [1.54, 1.807) is 40.7 Å². The molecular formula is C50H132N6O20S6. The number of carbonyl (C=O) groups excluding carboxylic acids is 5. The number of aliphatic hydroxyl groups excluding tert-OH is 1. The van der Waals surface area contributed by atoms with E-state index in [-0.39, 0.29) is 68.1 Å². The quantitative estimate of drug-likeness (QED) is 0.232. The lowest BCUT2D eigenvalue weighted by Gasteiger charge is -2.09. The molecular weight excluding hydrogens is 1200 g/mol. The van der Waals surface area contributed by atoms with Crippen molar-refractivity contribution in [3.8, 4) is 0 Å². The molecule has 0 aliphatic heterocycles. The number of methoxy groups -OCH3 is 3. The predicted octanol–water partition coefficient (Wildman–Crippen LogP) is 6.48. The van der Waals surface area contributed by atoms with Crippen LogP contribution in [-0.4, -0.2) is 271 Å². The van der Waals surface area contributed by atoms with E-state index >= 15 is 0 Å². The molecule has 0 saturated carbocycles. The third-order valence-corrected chi connectivity index (χ3v) is 10.3. The predicted molar refractivity (Wildman–Crippen MR) is 362 cm³/mol. The maximum absolute atomic E-state index is 10.5. The van der Waals surface area contributed by atoms with Gasteiger partial charge in [-0.3, -0.25) is 18.6 Å². The molecule has 0 saturated heterocycles. The summed E-state index contributed by atoms with van der Waals surface area (Å²) in [6, 6.07) is 0. The normalized spacial score (nSPS) is 8.13. The monoisotopic (exact) mass is 1330 g/mol. The Morgan fingerprint density at radius 3 is 0.476 bits per heavy atom. The number of sulfonamides is 4. The summed E-state index contributed by atoms with van der Waals surface area (Å²) in [6.07, 6.45) is 8.91. The molecule has 26 nitrogen and oxygen atoms in total. The van der Waals surface area contributed by atoms with Gasteiger partial charge in [-0.15, -0.1) is 65.8 Å². The third kappa shape index (κ3) is 372. The summed E-state index contributed by atoms with van der Waals surface area (Å²) in [4.78, 5) is 54.0. The van der Waals surface area contributed by atoms with Crippen molar-refractivity contribution in [3.63, 3.8) is 0 Å². The van der Waals surface area contributed by atoms with Crippen LogP contribution in [0, 0.1) is 0 Å². The number of hydrogen-bond acceptors (Lipinski definition) is 21. The van der Waals surface area contributed by atoms with Crippen molar-refractivity contribution >= 4 is 90.5 Å². The van der Waals surface area contributed by atoms with Crippen LogP contribution in [0.5, 0.6) is 0 Å². The Labute approximate surface area is 512 Å². The number of rotatable bonds is 4. The molecule has 32 heteroatoms. The zero-order valence-electron chi connectivity index (χ0n) is 51.9. The van der Waals surface area contributed by atoms with E-state index in [4.69, 9.17) is 5.11 Å². The van der Waals surface area contributed by atoms with E-state index in [0.717, 1.165) is 60.3 Å². The van der Waals surface area contributed by atoms with Crippen molar-refractivity contribution in [3.05, 3.63) is 65.8 Å². The minimum Gasteiger partial charge on any atom is -0.469 e. The molecule has 0 atom stereocenters. The molecule has 0 aromatic heterocycles. The Balaban J connectivity index is -0.0000000218. The summed E-state index contributed by atoms with van der Waals surface area (Å²) in [6.45, 7) is 37.5. The summed E-state index contributed by atoms with van der Waals surface area (Å²) in [5.74, 6) is 0.106. The molecule has 0 fully saturated rings. The third-order valence-electron chi connectivity index (χ3n) is 4.14. The van der Waals surface area contributed by atoms with Crippen LogP contribution < -0.4 is 0 Å². The number of hydrogen-bond donors (Lipinski definition) is 1. The van der Waals surface area contributed by atoms with E-state index in [1.807, 2.05) is 26.0 Å². The Kier molecular flexibility index (Phi) is 196. The van der Waals surface area contributed by atoms with Crippen LogP contribution in [0.1, 0.15) is 79.2 Å². The van der Waals surface area contributed by atoms with Gasteiger partial charge in [-0.05, 0) is 35.0 Å². The molecule has 0 rings (SSSR count). The van der Waals surface area contributed by atoms with Gasteiger partial charge in [-0.2, -0.15) is 0 Å². The molecule has 0 aliphatic carbocycles. The first kappa shape index (κ1) is 153. The van der Waals surface area contributed by atoms with Gasteiger partial charge in [0.25, 0.3) is 0 Å². The highest BCUT2D eigenvalue weighted by Crippen LogP contribution is 1.98. The summed E-state index contributed by atoms with van der Waals surface area (Å²) < 4.78 is 127. The lowest BCUT2D eigenvalue weighted by Crippen LogP contribution is -2.31. The molecule has 0 bridgehead atoms. The van der Waals surface area contributed by atoms with Gasteiger partial charge in [0.15, 0.2) is 0 Å². The van der Waals surface area contributed by atoms with Crippen LogP contribution in [-0.2, 0) is 94.1 Å². The fourth-order valence-corrected chi connectivity index (χ4v) is 2.30. The standard InChI is InChI=1S/2C4H9NO.C3H9NO4S2.2C3H9NO2S.C3H9N.C3H6O3.C3H6O2.C3H6O.C2H6O2S.C2H6OS.5C2H4.CH4O.6CH4/c2*1-4(6)5(2)3;1-4(9(2,5)6)10(3,7)8;2*1-4(2)7(3,5)6;1-4(2)3;1-5-3(4)6-2;1-3(4)5-2;1-3(2)4;1-5(2,3)4;1-4(2)3;6*1-2;;;;;;/h2*1-3H3;1-3H3;2*1-3H3;1-3H3;1-2H3;1-2H3;1-2H3;1-2H3;1-2H3;5*1-2H2;2H,1H3;6*1H4. The highest BCUT2D eigenvalue weighted by Gasteiger charge is 2.20. The number of Topliss-reactive ketones (excluding diaryl/α,β-unsaturated/α-hetero) is 1. The van der Waals surface area contributed by atoms with Gasteiger partial charge in [-0.25, -0.2) is 55.5 Å². The number of sulfone groups is 1. The first-order chi connectivity index (χ1) is 33.6. The van der Waals surface area contributed by atoms with Crippen molar-refractivity contribution in [2.75, 3.05) is 163 Å². The first-order valence-corrected chi connectivity index (χ1v) is 31.6. The Bertz CT molecular complexity index is 1770. The number of esters is 1. The average molecular weight is 1330 g/mol. The molecule has 1 N–H and O–H groups in total. The second-order valence-electron chi connectivity index (χ2n) is 13.3. The van der Waals surface area contributed by atoms with Gasteiger partial charge < -0.3 is 38.8 Å². The van der Waals surface area contributed by atoms with Gasteiger partial charge in [0, 0.05) is 127 Å². The smallest absolute Gasteiger partial charge is 0.469 e. The van der Waals surface area contributed by atoms with Crippen LogP contribution in [0.2, 0.25) is 0 Å². The van der Waals surface area contributed by atoms with Crippen molar-refractivity contribution in [1.29, 1.82) is 0 Å². The maximum atomic E-state index is 10.5. The summed E-state index contributed by atoms with van der Waals surface area (Å²) >= 11 is 0. The van der Waals surface area contributed by atoms with Gasteiger partial charge in [0.05, 0.1) is 46.4 Å². The SMILES string of the molecule is C.C.C.C.C.C.C=C.C=C.C=C.C=C.C=C.CC(=O)N(C)C.CC(=O)N(C)C.CC(C)=O.CN(C)C.CN(C)S(C)(=O)=O.CN(C)S(C)(=O)=O.CN(S(C)(=O)=O)S(C)(=O)=O.CO.COC(=O)OC.COC(C)=O.CS(C)(=O)=O.CS(C)=O. The number of ether oxygens (including phenoxy) is 3. The number of nitrogens with zero attached hydrogens (tertiary/aromatic N) is 6. The van der Waals surface area contributed by atoms with Gasteiger partial charge in [0.1, 0.15) is 15.6 Å². The number of carbonyl (C=O) groups is 5. The van der Waals surface area contributed by atoms with Crippen molar-refractivity contribution in [2.45, 2.75) is 79.2 Å². The second-order valence-corrected chi connectivity index (χ2v) is 25.7. The van der Waals surface area contributed by atoms with E-state index in [2.05, 4.69) is 80.0 Å². The molecule has 0 aromatic rings.